The summed E-state index contributed by atoms with van der Waals surface area (Å²) in [5.41, 5.74) is 11.0. The molecule has 0 radical (unpaired) electrons. The molecule has 1 aromatic heterocycles. The van der Waals surface area contributed by atoms with Crippen molar-refractivity contribution in [2.24, 2.45) is 11.5 Å². The van der Waals surface area contributed by atoms with E-state index in [1.54, 1.807) is 20.8 Å². The number of β-lactam (4-membered cyclic amide) rings is 1. The van der Waals surface area contributed by atoms with Gasteiger partial charge < -0.3 is 14.8 Å². The molecule has 2 atom stereocenters. The maximum Gasteiger partial charge on any atom is 0.355 e. The second kappa shape index (κ2) is 8.85. The zero-order valence-corrected chi connectivity index (χ0v) is 19.8. The van der Waals surface area contributed by atoms with Gasteiger partial charge in [0.2, 0.25) is 11.8 Å². The van der Waals surface area contributed by atoms with Gasteiger partial charge in [0.25, 0.3) is 5.91 Å². The number of nitrogens with one attached hydrogen (secondary N) is 1. The Morgan fingerprint density at radius 1 is 1.25 bits per heavy atom. The fraction of sp³-hybridized carbons (Fsp3) is 0.500. The Morgan fingerprint density at radius 2 is 1.94 bits per heavy atom. The molecule has 2 amide bonds. The number of carbonyl (C=O) groups is 4. The monoisotopic (exact) mass is 482 g/mol. The molecule has 2 aliphatic heterocycles. The third-order valence-corrected chi connectivity index (χ3v) is 6.73. The highest BCUT2D eigenvalue weighted by Gasteiger charge is 2.56. The van der Waals surface area contributed by atoms with Crippen LogP contribution in [0.4, 0.5) is 0 Å². The van der Waals surface area contributed by atoms with Crippen molar-refractivity contribution >= 4 is 46.9 Å². The van der Waals surface area contributed by atoms with Gasteiger partial charge in [0.05, 0.1) is 6.42 Å². The Morgan fingerprint density at radius 3 is 2.50 bits per heavy atom. The number of esters is 2. The summed E-state index contributed by atoms with van der Waals surface area (Å²) >= 11 is 2.70. The van der Waals surface area contributed by atoms with Gasteiger partial charge in [0, 0.05) is 23.1 Å². The largest absolute Gasteiger partial charge is 0.455 e. The number of hydrogen-bond donors (Lipinski definition) is 3. The van der Waals surface area contributed by atoms with E-state index in [-0.39, 0.29) is 29.4 Å². The van der Waals surface area contributed by atoms with Crippen molar-refractivity contribution in [3.63, 3.8) is 0 Å². The highest BCUT2D eigenvalue weighted by atomic mass is 32.2. The van der Waals surface area contributed by atoms with Crippen LogP contribution in [0, 0.1) is 0 Å². The molecule has 32 heavy (non-hydrogen) atoms. The van der Waals surface area contributed by atoms with E-state index in [0.717, 1.165) is 11.8 Å². The third-order valence-electron chi connectivity index (χ3n) is 4.58. The maximum absolute atomic E-state index is 13.0. The Hall–Kier alpha value is -2.41. The standard InChI is InChI=1S/C20H26N4O6S2/c1-10(25)29-20(21,22)12-9-32-17-14(23-13(26)8-11-6-5-7-31-11)16(27)24(17)15(12)18(28)30-19(2,3)4/h5-7,14,17H,8-9,21-22H2,1-4H3,(H,23,26)/t14-,17+/m0/s1. The Kier molecular flexibility index (Phi) is 6.70. The van der Waals surface area contributed by atoms with Crippen LogP contribution in [0.5, 0.6) is 0 Å². The van der Waals surface area contributed by atoms with Crippen LogP contribution in [0.3, 0.4) is 0 Å². The summed E-state index contributed by atoms with van der Waals surface area (Å²) in [6, 6.07) is 2.86. The molecule has 10 nitrogen and oxygen atoms in total. The van der Waals surface area contributed by atoms with E-state index in [0.29, 0.717) is 0 Å². The second-order valence-electron chi connectivity index (χ2n) is 8.43. The molecule has 0 saturated carbocycles. The van der Waals surface area contributed by atoms with Gasteiger partial charge in [-0.25, -0.2) is 4.79 Å². The molecule has 1 saturated heterocycles. The molecule has 0 spiro atoms. The van der Waals surface area contributed by atoms with E-state index in [1.165, 1.54) is 28.0 Å². The van der Waals surface area contributed by atoms with Crippen molar-refractivity contribution in [3.8, 4) is 0 Å². The minimum atomic E-state index is -2.11. The normalized spacial score (nSPS) is 20.9. The molecule has 1 fully saturated rings. The molecule has 174 valence electrons. The average Bonchev–Trinajstić information content (AvgIpc) is 3.15. The van der Waals surface area contributed by atoms with Crippen molar-refractivity contribution in [2.75, 3.05) is 5.75 Å². The highest BCUT2D eigenvalue weighted by Crippen LogP contribution is 2.42. The van der Waals surface area contributed by atoms with E-state index >= 15 is 0 Å². The predicted octanol–water partition coefficient (Wildman–Crippen LogP) is 0.421. The smallest absolute Gasteiger partial charge is 0.355 e. The number of nitrogens with zero attached hydrogens (tertiary/aromatic N) is 1. The van der Waals surface area contributed by atoms with E-state index in [2.05, 4.69) is 5.32 Å². The molecule has 3 heterocycles. The number of thiophene rings is 1. The summed E-state index contributed by atoms with van der Waals surface area (Å²) in [5.74, 6) is -4.37. The zero-order valence-electron chi connectivity index (χ0n) is 18.2. The van der Waals surface area contributed by atoms with Crippen molar-refractivity contribution in [1.29, 1.82) is 0 Å². The van der Waals surface area contributed by atoms with Gasteiger partial charge >= 0.3 is 11.9 Å². The van der Waals surface area contributed by atoms with Gasteiger partial charge in [0.15, 0.2) is 0 Å². The van der Waals surface area contributed by atoms with Crippen LogP contribution in [-0.2, 0) is 35.1 Å². The number of thioether (sulfide) groups is 1. The van der Waals surface area contributed by atoms with Crippen molar-refractivity contribution in [2.45, 2.75) is 57.0 Å². The van der Waals surface area contributed by atoms with Gasteiger partial charge in [-0.3, -0.25) is 30.8 Å². The van der Waals surface area contributed by atoms with Crippen LogP contribution in [0.1, 0.15) is 32.6 Å². The van der Waals surface area contributed by atoms with Crippen LogP contribution in [0.2, 0.25) is 0 Å². The number of nitrogens with two attached hydrogens (primary N) is 2. The molecule has 2 aliphatic rings. The zero-order chi connectivity index (χ0) is 23.8. The molecule has 12 heteroatoms. The van der Waals surface area contributed by atoms with Crippen LogP contribution >= 0.6 is 23.1 Å². The summed E-state index contributed by atoms with van der Waals surface area (Å²) in [6.45, 7) is 6.16. The minimum absolute atomic E-state index is 0.0555. The first kappa shape index (κ1) is 24.2. The fourth-order valence-corrected chi connectivity index (χ4v) is 5.47. The lowest BCUT2D eigenvalue weighted by Crippen LogP contribution is -2.72. The van der Waals surface area contributed by atoms with E-state index < -0.39 is 40.7 Å². The molecular weight excluding hydrogens is 456 g/mol. The predicted molar refractivity (Wildman–Crippen MR) is 119 cm³/mol. The molecule has 0 unspecified atom stereocenters. The lowest BCUT2D eigenvalue weighted by atomic mass is 10.0. The quantitative estimate of drug-likeness (QED) is 0.297. The van der Waals surface area contributed by atoms with Crippen LogP contribution in [0.15, 0.2) is 28.8 Å². The molecule has 5 N–H and O–H groups in total. The van der Waals surface area contributed by atoms with Crippen molar-refractivity contribution in [3.05, 3.63) is 33.7 Å². The molecule has 3 rings (SSSR count). The van der Waals surface area contributed by atoms with E-state index in [9.17, 15) is 19.2 Å². The number of amides is 2. The lowest BCUT2D eigenvalue weighted by molar-refractivity contribution is -0.161. The van der Waals surface area contributed by atoms with Crippen LogP contribution in [0.25, 0.3) is 0 Å². The molecule has 0 bridgehead atoms. The highest BCUT2D eigenvalue weighted by molar-refractivity contribution is 8.00. The summed E-state index contributed by atoms with van der Waals surface area (Å²) in [6.07, 6.45) is 0.153. The van der Waals surface area contributed by atoms with Crippen molar-refractivity contribution < 1.29 is 28.7 Å². The Bertz CT molecular complexity index is 967. The third kappa shape index (κ3) is 5.14. The molecule has 1 aromatic rings. The first-order valence-corrected chi connectivity index (χ1v) is 11.7. The number of ether oxygens (including phenoxy) is 2. The molecule has 0 aromatic carbocycles. The summed E-state index contributed by atoms with van der Waals surface area (Å²) in [5, 5.41) is 4.05. The minimum Gasteiger partial charge on any atom is -0.455 e. The van der Waals surface area contributed by atoms with E-state index in [1.807, 2.05) is 17.5 Å². The van der Waals surface area contributed by atoms with E-state index in [4.69, 9.17) is 20.9 Å². The van der Waals surface area contributed by atoms with Crippen LogP contribution in [-0.4, -0.2) is 57.3 Å². The van der Waals surface area contributed by atoms with Crippen molar-refractivity contribution in [1.82, 2.24) is 10.2 Å². The summed E-state index contributed by atoms with van der Waals surface area (Å²) in [4.78, 5) is 51.9. The lowest BCUT2D eigenvalue weighted by Gasteiger charge is -2.51. The first-order chi connectivity index (χ1) is 14.8. The molecular formula is C20H26N4O6S2. The van der Waals surface area contributed by atoms with Gasteiger partial charge in [0.1, 0.15) is 22.7 Å². The fourth-order valence-electron chi connectivity index (χ4n) is 3.33. The van der Waals surface area contributed by atoms with Crippen LogP contribution < -0.4 is 16.8 Å². The van der Waals surface area contributed by atoms with Gasteiger partial charge in [-0.05, 0) is 32.2 Å². The number of hydrogen-bond acceptors (Lipinski definition) is 10. The number of carbonyl (C=O) groups excluding carboxylic acids is 4. The Balaban J connectivity index is 1.87. The summed E-state index contributed by atoms with van der Waals surface area (Å²) < 4.78 is 10.5. The Labute approximate surface area is 193 Å². The van der Waals surface area contributed by atoms with Gasteiger partial charge in [-0.1, -0.05) is 6.07 Å². The number of fused-ring (bicyclic) bond motifs is 1. The topological polar surface area (TPSA) is 154 Å². The average molecular weight is 483 g/mol. The maximum atomic E-state index is 13.0. The second-order valence-corrected chi connectivity index (χ2v) is 10.6. The SMILES string of the molecule is CC(=O)OC(N)(N)C1=C(C(=O)OC(C)(C)C)N2C(=O)[C@H](NC(=O)Cc3cccs3)[C@H]2SC1. The first-order valence-electron chi connectivity index (χ1n) is 9.81. The number of rotatable bonds is 6. The summed E-state index contributed by atoms with van der Waals surface area (Å²) in [7, 11) is 0. The molecule has 0 aliphatic carbocycles. The van der Waals surface area contributed by atoms with Gasteiger partial charge in [-0.2, -0.15) is 0 Å². The van der Waals surface area contributed by atoms with Gasteiger partial charge in [-0.15, -0.1) is 23.1 Å².